The lowest BCUT2D eigenvalue weighted by atomic mass is 10.2. The molecule has 1 saturated heterocycles. The lowest BCUT2D eigenvalue weighted by molar-refractivity contribution is -0.139. The molecule has 0 unspecified atom stereocenters. The van der Waals surface area contributed by atoms with E-state index in [1.807, 2.05) is 23.1 Å². The summed E-state index contributed by atoms with van der Waals surface area (Å²) in [5.41, 5.74) is 0.654. The van der Waals surface area contributed by atoms with Crippen molar-refractivity contribution in [2.45, 2.75) is 12.8 Å². The second-order valence-electron chi connectivity index (χ2n) is 7.37. The molecule has 1 aliphatic heterocycles. The van der Waals surface area contributed by atoms with Gasteiger partial charge in [-0.15, -0.1) is 0 Å². The Morgan fingerprint density at radius 1 is 1.10 bits per heavy atom. The number of benzene rings is 1. The van der Waals surface area contributed by atoms with Crippen molar-refractivity contribution < 1.29 is 14.3 Å². The quantitative estimate of drug-likeness (QED) is 0.729. The molecule has 0 bridgehead atoms. The van der Waals surface area contributed by atoms with Crippen LogP contribution in [0, 0.1) is 5.92 Å². The van der Waals surface area contributed by atoms with Gasteiger partial charge in [-0.3, -0.25) is 9.59 Å². The van der Waals surface area contributed by atoms with E-state index >= 15 is 0 Å². The van der Waals surface area contributed by atoms with Crippen molar-refractivity contribution >= 4 is 40.7 Å². The summed E-state index contributed by atoms with van der Waals surface area (Å²) in [4.78, 5) is 32.5. The van der Waals surface area contributed by atoms with Gasteiger partial charge in [-0.05, 0) is 31.0 Å². The first-order valence-corrected chi connectivity index (χ1v) is 10.6. The van der Waals surface area contributed by atoms with E-state index in [0.29, 0.717) is 47.7 Å². The minimum atomic E-state index is -0.0222. The van der Waals surface area contributed by atoms with Crippen LogP contribution in [-0.4, -0.2) is 59.3 Å². The van der Waals surface area contributed by atoms with Crippen LogP contribution in [0.2, 0.25) is 10.0 Å². The van der Waals surface area contributed by atoms with Crippen LogP contribution >= 0.6 is 23.2 Å². The number of rotatable bonds is 6. The molecule has 2 heterocycles. The predicted octanol–water partition coefficient (Wildman–Crippen LogP) is 3.67. The average Bonchev–Trinajstić information content (AvgIpc) is 3.60. The number of halogens is 2. The average molecular weight is 449 g/mol. The number of ether oxygens (including phenoxy) is 1. The van der Waals surface area contributed by atoms with Crippen molar-refractivity contribution in [3.05, 3.63) is 46.6 Å². The number of carbonyl (C=O) groups is 2. The molecule has 0 spiro atoms. The fourth-order valence-corrected chi connectivity index (χ4v) is 3.75. The molecule has 2 fully saturated rings. The molecule has 1 aromatic heterocycles. The second kappa shape index (κ2) is 9.10. The fourth-order valence-electron chi connectivity index (χ4n) is 3.33. The van der Waals surface area contributed by atoms with Gasteiger partial charge in [-0.2, -0.15) is 0 Å². The number of amides is 2. The third kappa shape index (κ3) is 4.96. The zero-order chi connectivity index (χ0) is 21.1. The third-order valence-corrected chi connectivity index (χ3v) is 5.65. The molecule has 158 valence electrons. The number of carbonyl (C=O) groups excluding carboxylic acids is 2. The van der Waals surface area contributed by atoms with Crippen molar-refractivity contribution in [3.63, 3.8) is 0 Å². The van der Waals surface area contributed by atoms with Crippen LogP contribution in [0.5, 0.6) is 11.6 Å². The van der Waals surface area contributed by atoms with Crippen LogP contribution in [0.3, 0.4) is 0 Å². The number of piperazine rings is 1. The number of aromatic nitrogens is 1. The van der Waals surface area contributed by atoms with E-state index in [1.54, 1.807) is 17.0 Å². The molecule has 0 atom stereocenters. The first-order chi connectivity index (χ1) is 14.5. The summed E-state index contributed by atoms with van der Waals surface area (Å²) in [6.45, 7) is 2.44. The minimum Gasteiger partial charge on any atom is -0.435 e. The standard InChI is InChI=1S/C21H22Cl2N4O3/c22-15-11-16(23)20(25-12-15)30-18-4-2-1-3-17(18)24-13-19(28)26-7-9-27(10-8-26)21(29)14-5-6-14/h1-4,11-12,14,24H,5-10,13H2. The molecule has 1 aliphatic carbocycles. The number of hydrogen-bond donors (Lipinski definition) is 1. The Morgan fingerprint density at radius 3 is 2.50 bits per heavy atom. The Balaban J connectivity index is 1.32. The Labute approximate surface area is 184 Å². The van der Waals surface area contributed by atoms with Crippen molar-refractivity contribution in [3.8, 4) is 11.6 Å². The largest absolute Gasteiger partial charge is 0.435 e. The highest BCUT2D eigenvalue weighted by atomic mass is 35.5. The van der Waals surface area contributed by atoms with Gasteiger partial charge in [-0.1, -0.05) is 35.3 Å². The maximum atomic E-state index is 12.6. The van der Waals surface area contributed by atoms with Crippen LogP contribution in [-0.2, 0) is 9.59 Å². The summed E-state index contributed by atoms with van der Waals surface area (Å²) in [6.07, 6.45) is 3.45. The van der Waals surface area contributed by atoms with Crippen LogP contribution < -0.4 is 10.1 Å². The smallest absolute Gasteiger partial charge is 0.241 e. The maximum Gasteiger partial charge on any atom is 0.241 e. The van der Waals surface area contributed by atoms with E-state index in [0.717, 1.165) is 12.8 Å². The normalized spacial score (nSPS) is 16.3. The number of pyridine rings is 1. The van der Waals surface area contributed by atoms with E-state index in [1.165, 1.54) is 6.20 Å². The van der Waals surface area contributed by atoms with Gasteiger partial charge in [0, 0.05) is 38.3 Å². The number of para-hydroxylation sites is 2. The molecule has 1 aromatic carbocycles. The predicted molar refractivity (Wildman–Crippen MR) is 115 cm³/mol. The van der Waals surface area contributed by atoms with E-state index in [4.69, 9.17) is 27.9 Å². The summed E-state index contributed by atoms with van der Waals surface area (Å²) in [5, 5.41) is 3.85. The highest BCUT2D eigenvalue weighted by Crippen LogP contribution is 2.33. The van der Waals surface area contributed by atoms with Gasteiger partial charge in [0.25, 0.3) is 0 Å². The zero-order valence-electron chi connectivity index (χ0n) is 16.3. The molecule has 1 saturated carbocycles. The summed E-state index contributed by atoms with van der Waals surface area (Å²) >= 11 is 12.0. The number of nitrogens with zero attached hydrogens (tertiary/aromatic N) is 3. The van der Waals surface area contributed by atoms with Crippen LogP contribution in [0.1, 0.15) is 12.8 Å². The molecule has 2 aliphatic rings. The van der Waals surface area contributed by atoms with E-state index < -0.39 is 0 Å². The van der Waals surface area contributed by atoms with Crippen molar-refractivity contribution in [1.82, 2.24) is 14.8 Å². The molecule has 0 radical (unpaired) electrons. The van der Waals surface area contributed by atoms with Gasteiger partial charge in [0.2, 0.25) is 17.7 Å². The summed E-state index contributed by atoms with van der Waals surface area (Å²) in [7, 11) is 0. The molecule has 7 nitrogen and oxygen atoms in total. The lowest BCUT2D eigenvalue weighted by Crippen LogP contribution is -2.52. The lowest BCUT2D eigenvalue weighted by Gasteiger charge is -2.35. The summed E-state index contributed by atoms with van der Waals surface area (Å²) in [5.74, 6) is 1.17. The Kier molecular flexibility index (Phi) is 6.29. The fraction of sp³-hybridized carbons (Fsp3) is 0.381. The second-order valence-corrected chi connectivity index (χ2v) is 8.22. The van der Waals surface area contributed by atoms with Crippen LogP contribution in [0.4, 0.5) is 5.69 Å². The first-order valence-electron chi connectivity index (χ1n) is 9.89. The molecule has 2 aromatic rings. The highest BCUT2D eigenvalue weighted by molar-refractivity contribution is 6.35. The Hall–Kier alpha value is -2.51. The van der Waals surface area contributed by atoms with Crippen LogP contribution in [0.25, 0.3) is 0 Å². The van der Waals surface area contributed by atoms with Gasteiger partial charge in [0.15, 0.2) is 5.75 Å². The van der Waals surface area contributed by atoms with Gasteiger partial charge >= 0.3 is 0 Å². The molecular formula is C21H22Cl2N4O3. The topological polar surface area (TPSA) is 74.8 Å². The molecule has 1 N–H and O–H groups in total. The van der Waals surface area contributed by atoms with Gasteiger partial charge < -0.3 is 19.9 Å². The van der Waals surface area contributed by atoms with Gasteiger partial charge in [0.05, 0.1) is 17.3 Å². The van der Waals surface area contributed by atoms with Crippen molar-refractivity contribution in [1.29, 1.82) is 0 Å². The molecule has 9 heteroatoms. The number of hydrogen-bond acceptors (Lipinski definition) is 5. The first kappa shape index (κ1) is 20.8. The van der Waals surface area contributed by atoms with Gasteiger partial charge in [0.1, 0.15) is 5.02 Å². The van der Waals surface area contributed by atoms with E-state index in [2.05, 4.69) is 10.3 Å². The number of anilines is 1. The van der Waals surface area contributed by atoms with E-state index in [9.17, 15) is 9.59 Å². The summed E-state index contributed by atoms with van der Waals surface area (Å²) in [6, 6.07) is 8.81. The monoisotopic (exact) mass is 448 g/mol. The van der Waals surface area contributed by atoms with Gasteiger partial charge in [-0.25, -0.2) is 4.98 Å². The molecule has 30 heavy (non-hydrogen) atoms. The Morgan fingerprint density at radius 2 is 1.80 bits per heavy atom. The Bertz CT molecular complexity index is 944. The summed E-state index contributed by atoms with van der Waals surface area (Å²) < 4.78 is 5.81. The molecule has 2 amide bonds. The number of nitrogens with one attached hydrogen (secondary N) is 1. The zero-order valence-corrected chi connectivity index (χ0v) is 17.8. The maximum absolute atomic E-state index is 12.6. The van der Waals surface area contributed by atoms with Crippen LogP contribution in [0.15, 0.2) is 36.5 Å². The molecule has 4 rings (SSSR count). The highest BCUT2D eigenvalue weighted by Gasteiger charge is 2.35. The molecular weight excluding hydrogens is 427 g/mol. The van der Waals surface area contributed by atoms with Crippen molar-refractivity contribution in [2.75, 3.05) is 38.0 Å². The van der Waals surface area contributed by atoms with E-state index in [-0.39, 0.29) is 30.2 Å². The SMILES string of the molecule is O=C(CNc1ccccc1Oc1ncc(Cl)cc1Cl)N1CCN(C(=O)C2CC2)CC1. The third-order valence-electron chi connectivity index (χ3n) is 5.17. The minimum absolute atomic E-state index is 0.0222. The van der Waals surface area contributed by atoms with Crippen molar-refractivity contribution in [2.24, 2.45) is 5.92 Å².